The van der Waals surface area contributed by atoms with E-state index >= 15 is 0 Å². The van der Waals surface area contributed by atoms with E-state index < -0.39 is 23.8 Å². The van der Waals surface area contributed by atoms with Crippen LogP contribution in [-0.2, 0) is 22.8 Å². The Bertz CT molecular complexity index is 2530. The topological polar surface area (TPSA) is 188 Å². The molecule has 346 valence electrons. The molecular formula is C46H55F3N10O6. The number of amides is 5. The van der Waals surface area contributed by atoms with Crippen LogP contribution in [0.2, 0.25) is 0 Å². The third-order valence-corrected chi connectivity index (χ3v) is 13.6. The number of alkyl halides is 3. The van der Waals surface area contributed by atoms with E-state index in [1.807, 2.05) is 9.80 Å². The maximum absolute atomic E-state index is 13.8. The maximum Gasteiger partial charge on any atom is 0.416 e. The number of hydrogen-bond donors (Lipinski definition) is 3. The number of nitrogen functional groups attached to an aromatic ring is 1. The second-order valence-electron chi connectivity index (χ2n) is 17.7. The number of aromatic nitrogens is 3. The molecule has 0 radical (unpaired) electrons. The molecule has 8 rings (SSSR count). The van der Waals surface area contributed by atoms with Crippen LogP contribution in [0.1, 0.15) is 90.9 Å². The lowest BCUT2D eigenvalue weighted by Gasteiger charge is -2.39. The number of anilines is 3. The highest BCUT2D eigenvalue weighted by atomic mass is 19.4. The summed E-state index contributed by atoms with van der Waals surface area (Å²) in [5.74, 6) is 0.762. The minimum Gasteiger partial charge on any atom is -0.495 e. The molecule has 2 aromatic carbocycles. The number of fused-ring (bicyclic) bond motifs is 1. The lowest BCUT2D eigenvalue weighted by Crippen LogP contribution is -2.49. The Morgan fingerprint density at radius 2 is 1.62 bits per heavy atom. The van der Waals surface area contributed by atoms with E-state index in [9.17, 15) is 37.1 Å². The van der Waals surface area contributed by atoms with Gasteiger partial charge in [-0.1, -0.05) is 0 Å². The Balaban J connectivity index is 0.819. The van der Waals surface area contributed by atoms with Crippen LogP contribution in [0.4, 0.5) is 35.2 Å². The summed E-state index contributed by atoms with van der Waals surface area (Å²) >= 11 is 0. The standard InChI is InChI=1S/C46H55F3N10O6/c1-27(32-20-33(46(47,48)49)23-34(50)21-32)53-40-36-24-35(44(63)55(2)41(36)52-26-51-40)29-10-17-58(18-11-29)42(61)30-8-13-56(14-9-30)25-28-6-15-57(16-7-28)43(62)31-4-5-38(65-3)37(22-31)59-19-12-39(60)54-45(59)64/h4-5,20-24,26-30H,6-19,25,50H2,1-3H3,(H,51,52,53)(H,54,60,64)/t27-/m1/s1. The number of carbonyl (C=O) groups excluding carboxylic acids is 4. The molecule has 4 N–H and O–H groups in total. The number of halogens is 3. The van der Waals surface area contributed by atoms with Gasteiger partial charge in [-0.25, -0.2) is 14.8 Å². The van der Waals surface area contributed by atoms with Crippen LogP contribution >= 0.6 is 0 Å². The number of nitrogens with two attached hydrogens (primary N) is 1. The van der Waals surface area contributed by atoms with E-state index in [1.165, 1.54) is 29.0 Å². The smallest absolute Gasteiger partial charge is 0.416 e. The lowest BCUT2D eigenvalue weighted by atomic mass is 9.88. The Morgan fingerprint density at radius 3 is 2.29 bits per heavy atom. The average molecular weight is 901 g/mol. The number of pyridine rings is 1. The van der Waals surface area contributed by atoms with E-state index in [-0.39, 0.29) is 53.8 Å². The lowest BCUT2D eigenvalue weighted by molar-refractivity contribution is -0.138. The molecule has 6 heterocycles. The molecule has 0 aliphatic carbocycles. The molecule has 19 heteroatoms. The van der Waals surface area contributed by atoms with Crippen molar-refractivity contribution in [2.75, 3.05) is 75.4 Å². The van der Waals surface area contributed by atoms with Gasteiger partial charge in [0.05, 0.1) is 29.8 Å². The first-order chi connectivity index (χ1) is 31.1. The van der Waals surface area contributed by atoms with Crippen molar-refractivity contribution in [3.8, 4) is 5.75 Å². The molecular weight excluding hydrogens is 846 g/mol. The summed E-state index contributed by atoms with van der Waals surface area (Å²) in [5, 5.41) is 6.10. The first-order valence-corrected chi connectivity index (χ1v) is 22.3. The number of ether oxygens (including phenoxy) is 1. The predicted molar refractivity (Wildman–Crippen MR) is 238 cm³/mol. The van der Waals surface area contributed by atoms with Crippen LogP contribution < -0.4 is 31.6 Å². The van der Waals surface area contributed by atoms with Crippen molar-refractivity contribution < 1.29 is 37.1 Å². The fraction of sp³-hybridized carbons (Fsp3) is 0.500. The molecule has 5 amide bonds. The van der Waals surface area contributed by atoms with Gasteiger partial charge in [-0.05, 0) is 118 Å². The van der Waals surface area contributed by atoms with Crippen LogP contribution in [0.15, 0.2) is 53.6 Å². The highest BCUT2D eigenvalue weighted by Gasteiger charge is 2.35. The number of imide groups is 1. The molecule has 4 saturated heterocycles. The molecule has 4 aromatic rings. The second kappa shape index (κ2) is 18.7. The minimum absolute atomic E-state index is 0.00646. The van der Waals surface area contributed by atoms with Gasteiger partial charge in [0.25, 0.3) is 11.5 Å². The van der Waals surface area contributed by atoms with Crippen LogP contribution in [0.5, 0.6) is 5.75 Å². The first-order valence-electron chi connectivity index (χ1n) is 22.3. The highest BCUT2D eigenvalue weighted by Crippen LogP contribution is 2.36. The Morgan fingerprint density at radius 1 is 0.908 bits per heavy atom. The van der Waals surface area contributed by atoms with Gasteiger partial charge < -0.3 is 30.5 Å². The van der Waals surface area contributed by atoms with Gasteiger partial charge in [-0.3, -0.25) is 34.0 Å². The zero-order valence-electron chi connectivity index (χ0n) is 36.8. The SMILES string of the molecule is COc1ccc(C(=O)N2CCC(CN3CCC(C(=O)N4CCC(c5cc6c(N[C@H](C)c7cc(N)cc(C(F)(F)F)c7)ncnc6n(C)c5=O)CC4)CC3)CC2)cc1N1CCC(=O)NC1=O. The summed E-state index contributed by atoms with van der Waals surface area (Å²) in [7, 11) is 3.14. The molecule has 4 fully saturated rings. The summed E-state index contributed by atoms with van der Waals surface area (Å²) < 4.78 is 47.6. The van der Waals surface area contributed by atoms with E-state index in [1.54, 1.807) is 38.2 Å². The third kappa shape index (κ3) is 9.74. The van der Waals surface area contributed by atoms with Crippen molar-refractivity contribution in [3.05, 3.63) is 81.4 Å². The number of nitrogens with one attached hydrogen (secondary N) is 2. The maximum atomic E-state index is 13.8. The van der Waals surface area contributed by atoms with Crippen molar-refractivity contribution in [1.82, 2.24) is 34.6 Å². The highest BCUT2D eigenvalue weighted by molar-refractivity contribution is 6.07. The van der Waals surface area contributed by atoms with E-state index in [0.717, 1.165) is 57.5 Å². The molecule has 4 aliphatic heterocycles. The first kappa shape index (κ1) is 45.3. The predicted octanol–water partition coefficient (Wildman–Crippen LogP) is 5.53. The molecule has 0 bridgehead atoms. The fourth-order valence-electron chi connectivity index (χ4n) is 9.81. The van der Waals surface area contributed by atoms with E-state index in [4.69, 9.17) is 10.5 Å². The summed E-state index contributed by atoms with van der Waals surface area (Å²) in [6.45, 7) is 6.75. The number of benzene rings is 2. The fourth-order valence-corrected chi connectivity index (χ4v) is 9.81. The summed E-state index contributed by atoms with van der Waals surface area (Å²) in [5.41, 5.74) is 7.00. The number of methoxy groups -OCH3 is 1. The van der Waals surface area contributed by atoms with Crippen LogP contribution in [-0.4, -0.2) is 112 Å². The van der Waals surface area contributed by atoms with Gasteiger partial charge in [0.2, 0.25) is 11.8 Å². The number of likely N-dealkylation sites (tertiary alicyclic amines) is 3. The summed E-state index contributed by atoms with van der Waals surface area (Å²) in [6, 6.07) is 9.11. The number of urea groups is 1. The second-order valence-corrected chi connectivity index (χ2v) is 17.7. The average Bonchev–Trinajstić information content (AvgIpc) is 3.30. The minimum atomic E-state index is -4.56. The molecule has 0 saturated carbocycles. The van der Waals surface area contributed by atoms with Crippen molar-refractivity contribution in [1.29, 1.82) is 0 Å². The Kier molecular flexibility index (Phi) is 13.0. The Hall–Kier alpha value is -6.24. The number of rotatable bonds is 10. The molecule has 0 spiro atoms. The van der Waals surface area contributed by atoms with Crippen molar-refractivity contribution >= 4 is 52.0 Å². The molecule has 1 atom stereocenters. The van der Waals surface area contributed by atoms with Gasteiger partial charge in [0.15, 0.2) is 0 Å². The van der Waals surface area contributed by atoms with Crippen molar-refractivity contribution in [2.24, 2.45) is 18.9 Å². The number of aryl methyl sites for hydroxylation is 1. The van der Waals surface area contributed by atoms with Crippen LogP contribution in [0.3, 0.4) is 0 Å². The van der Waals surface area contributed by atoms with Crippen molar-refractivity contribution in [2.45, 2.75) is 70.0 Å². The molecule has 4 aliphatic rings. The van der Waals surface area contributed by atoms with Gasteiger partial charge in [0.1, 0.15) is 23.5 Å². The third-order valence-electron chi connectivity index (χ3n) is 13.6. The number of nitrogens with zero attached hydrogens (tertiary/aromatic N) is 7. The van der Waals surface area contributed by atoms with Crippen molar-refractivity contribution in [3.63, 3.8) is 0 Å². The zero-order chi connectivity index (χ0) is 46.2. The Labute approximate surface area is 374 Å². The van der Waals surface area contributed by atoms with E-state index in [2.05, 4.69) is 25.5 Å². The van der Waals surface area contributed by atoms with Gasteiger partial charge in [0, 0.05) is 75.5 Å². The number of carbonyl (C=O) groups is 4. The molecule has 0 unspecified atom stereocenters. The molecule has 2 aromatic heterocycles. The van der Waals surface area contributed by atoms with Crippen LogP contribution in [0, 0.1) is 11.8 Å². The largest absolute Gasteiger partial charge is 0.495 e. The normalized spacial score (nSPS) is 19.1. The van der Waals surface area contributed by atoms with E-state index in [0.29, 0.717) is 89.9 Å². The molecule has 65 heavy (non-hydrogen) atoms. The number of piperidine rings is 3. The van der Waals surface area contributed by atoms with Gasteiger partial charge >= 0.3 is 12.2 Å². The van der Waals surface area contributed by atoms with Gasteiger partial charge in [-0.15, -0.1) is 0 Å². The van der Waals surface area contributed by atoms with Gasteiger partial charge in [-0.2, -0.15) is 13.2 Å². The molecule has 16 nitrogen and oxygen atoms in total. The summed E-state index contributed by atoms with van der Waals surface area (Å²) in [6.07, 6.45) is 1.40. The quantitative estimate of drug-likeness (QED) is 0.170. The zero-order valence-corrected chi connectivity index (χ0v) is 36.8. The van der Waals surface area contributed by atoms with Crippen LogP contribution in [0.25, 0.3) is 11.0 Å². The summed E-state index contributed by atoms with van der Waals surface area (Å²) in [4.78, 5) is 81.7. The number of hydrogen-bond acceptors (Lipinski definition) is 11. The monoisotopic (exact) mass is 900 g/mol.